The van der Waals surface area contributed by atoms with Crippen LogP contribution < -0.4 is 4.74 Å². The van der Waals surface area contributed by atoms with Crippen molar-refractivity contribution in [1.82, 2.24) is 14.8 Å². The molecule has 0 saturated carbocycles. The van der Waals surface area contributed by atoms with Gasteiger partial charge in [-0.25, -0.2) is 0 Å². The average Bonchev–Trinajstić information content (AvgIpc) is 2.69. The number of rotatable bonds is 4. The Morgan fingerprint density at radius 2 is 1.58 bits per heavy atom. The molecule has 2 aromatic rings. The van der Waals surface area contributed by atoms with Gasteiger partial charge in [0.05, 0.1) is 11.6 Å². The van der Waals surface area contributed by atoms with Crippen molar-refractivity contribution in [3.8, 4) is 5.75 Å². The van der Waals surface area contributed by atoms with Crippen LogP contribution in [-0.4, -0.2) is 59.4 Å². The molecule has 0 radical (unpaired) electrons. The highest BCUT2D eigenvalue weighted by molar-refractivity contribution is 6.32. The van der Waals surface area contributed by atoms with Crippen LogP contribution in [0.2, 0.25) is 5.02 Å². The van der Waals surface area contributed by atoms with Gasteiger partial charge in [-0.3, -0.25) is 14.6 Å². The Balaban J connectivity index is 1.62. The zero-order valence-electron chi connectivity index (χ0n) is 14.5. The third-order valence-electron chi connectivity index (χ3n) is 4.26. The Hall–Kier alpha value is -2.60. The molecule has 0 atom stereocenters. The van der Waals surface area contributed by atoms with Gasteiger partial charge in [0.1, 0.15) is 5.75 Å². The van der Waals surface area contributed by atoms with Crippen molar-refractivity contribution in [1.29, 1.82) is 0 Å². The highest BCUT2D eigenvalue weighted by Crippen LogP contribution is 2.26. The van der Waals surface area contributed by atoms with Gasteiger partial charge in [-0.1, -0.05) is 11.6 Å². The van der Waals surface area contributed by atoms with Crippen molar-refractivity contribution < 1.29 is 14.3 Å². The van der Waals surface area contributed by atoms with Gasteiger partial charge in [-0.2, -0.15) is 0 Å². The van der Waals surface area contributed by atoms with E-state index >= 15 is 0 Å². The molecule has 1 fully saturated rings. The summed E-state index contributed by atoms with van der Waals surface area (Å²) in [5, 5.41) is 0.421. The van der Waals surface area contributed by atoms with Gasteiger partial charge in [-0.05, 0) is 37.3 Å². The first-order valence-corrected chi connectivity index (χ1v) is 8.89. The summed E-state index contributed by atoms with van der Waals surface area (Å²) >= 11 is 6.17. The molecule has 7 heteroatoms. The molecule has 1 aromatic heterocycles. The number of carbonyl (C=O) groups excluding carboxylic acids is 2. The van der Waals surface area contributed by atoms with Crippen LogP contribution in [0.3, 0.4) is 0 Å². The van der Waals surface area contributed by atoms with E-state index in [9.17, 15) is 9.59 Å². The number of pyridine rings is 1. The Labute approximate surface area is 157 Å². The molecule has 26 heavy (non-hydrogen) atoms. The zero-order valence-corrected chi connectivity index (χ0v) is 15.3. The number of amides is 2. The van der Waals surface area contributed by atoms with E-state index < -0.39 is 0 Å². The number of aromatic nitrogens is 1. The second-order valence-electron chi connectivity index (χ2n) is 5.90. The fourth-order valence-electron chi connectivity index (χ4n) is 2.88. The number of hydrogen-bond acceptors (Lipinski definition) is 4. The molecule has 136 valence electrons. The summed E-state index contributed by atoms with van der Waals surface area (Å²) in [7, 11) is 0. The minimum atomic E-state index is -0.0917. The van der Waals surface area contributed by atoms with Crippen LogP contribution in [0.1, 0.15) is 27.6 Å². The molecule has 1 aromatic carbocycles. The van der Waals surface area contributed by atoms with E-state index in [1.165, 1.54) is 0 Å². The minimum Gasteiger partial charge on any atom is -0.492 e. The van der Waals surface area contributed by atoms with E-state index in [0.717, 1.165) is 0 Å². The highest BCUT2D eigenvalue weighted by Gasteiger charge is 2.25. The van der Waals surface area contributed by atoms with Gasteiger partial charge in [0.2, 0.25) is 0 Å². The van der Waals surface area contributed by atoms with Gasteiger partial charge < -0.3 is 14.5 Å². The summed E-state index contributed by atoms with van der Waals surface area (Å²) in [4.78, 5) is 32.6. The van der Waals surface area contributed by atoms with E-state index in [4.69, 9.17) is 16.3 Å². The van der Waals surface area contributed by atoms with Crippen molar-refractivity contribution in [2.45, 2.75) is 6.92 Å². The fraction of sp³-hybridized carbons (Fsp3) is 0.316. The van der Waals surface area contributed by atoms with Crippen molar-refractivity contribution in [3.63, 3.8) is 0 Å². The first-order chi connectivity index (χ1) is 12.6. The van der Waals surface area contributed by atoms with Gasteiger partial charge in [-0.15, -0.1) is 0 Å². The third-order valence-corrected chi connectivity index (χ3v) is 4.56. The van der Waals surface area contributed by atoms with Crippen LogP contribution in [0, 0.1) is 0 Å². The molecule has 2 amide bonds. The van der Waals surface area contributed by atoms with Crippen molar-refractivity contribution in [2.24, 2.45) is 0 Å². The monoisotopic (exact) mass is 373 g/mol. The van der Waals surface area contributed by atoms with Crippen LogP contribution in [0.4, 0.5) is 0 Å². The van der Waals surface area contributed by atoms with E-state index in [2.05, 4.69) is 4.98 Å². The number of halogens is 1. The van der Waals surface area contributed by atoms with Gasteiger partial charge in [0.25, 0.3) is 11.8 Å². The Morgan fingerprint density at radius 1 is 1.00 bits per heavy atom. The Morgan fingerprint density at radius 3 is 2.12 bits per heavy atom. The zero-order chi connectivity index (χ0) is 18.5. The molecular formula is C19H20ClN3O3. The Bertz CT molecular complexity index is 790. The summed E-state index contributed by atoms with van der Waals surface area (Å²) in [6.45, 7) is 4.36. The molecule has 1 saturated heterocycles. The smallest absolute Gasteiger partial charge is 0.254 e. The molecule has 0 N–H and O–H groups in total. The maximum Gasteiger partial charge on any atom is 0.254 e. The summed E-state index contributed by atoms with van der Waals surface area (Å²) < 4.78 is 5.39. The van der Waals surface area contributed by atoms with Crippen LogP contribution in [-0.2, 0) is 0 Å². The number of hydrogen-bond donors (Lipinski definition) is 0. The maximum atomic E-state index is 12.7. The lowest BCUT2D eigenvalue weighted by molar-refractivity contribution is 0.0535. The molecule has 0 bridgehead atoms. The topological polar surface area (TPSA) is 62.7 Å². The molecular weight excluding hydrogens is 354 g/mol. The molecule has 6 nitrogen and oxygen atoms in total. The molecule has 0 aliphatic carbocycles. The number of benzene rings is 1. The second-order valence-corrected chi connectivity index (χ2v) is 6.31. The maximum absolute atomic E-state index is 12.7. The van der Waals surface area contributed by atoms with Crippen molar-refractivity contribution in [2.75, 3.05) is 32.8 Å². The van der Waals surface area contributed by atoms with Crippen LogP contribution in [0.15, 0.2) is 42.7 Å². The molecule has 3 rings (SSSR count). The van der Waals surface area contributed by atoms with Gasteiger partial charge in [0, 0.05) is 49.7 Å². The summed E-state index contributed by atoms with van der Waals surface area (Å²) in [5.74, 6) is 0.438. The number of carbonyl (C=O) groups is 2. The number of piperazine rings is 1. The van der Waals surface area contributed by atoms with E-state index in [-0.39, 0.29) is 11.8 Å². The summed E-state index contributed by atoms with van der Waals surface area (Å²) in [6.07, 6.45) is 3.20. The minimum absolute atomic E-state index is 0.0383. The largest absolute Gasteiger partial charge is 0.492 e. The standard InChI is InChI=1S/C19H20ClN3O3/c1-2-26-17-4-3-15(13-16(17)20)19(25)23-11-9-22(10-12-23)18(24)14-5-7-21-8-6-14/h3-8,13H,2,9-12H2,1H3. The van der Waals surface area contributed by atoms with Crippen LogP contribution in [0.5, 0.6) is 5.75 Å². The molecule has 0 spiro atoms. The molecule has 1 aliphatic heterocycles. The normalized spacial score (nSPS) is 14.2. The number of nitrogens with zero attached hydrogens (tertiary/aromatic N) is 3. The second kappa shape index (κ2) is 8.19. The van der Waals surface area contributed by atoms with E-state index in [1.54, 1.807) is 52.5 Å². The van der Waals surface area contributed by atoms with Gasteiger partial charge in [0.15, 0.2) is 0 Å². The molecule has 2 heterocycles. The highest BCUT2D eigenvalue weighted by atomic mass is 35.5. The molecule has 1 aliphatic rings. The fourth-order valence-corrected chi connectivity index (χ4v) is 3.11. The molecule has 0 unspecified atom stereocenters. The predicted molar refractivity (Wildman–Crippen MR) is 98.7 cm³/mol. The van der Waals surface area contributed by atoms with Crippen LogP contribution in [0.25, 0.3) is 0 Å². The van der Waals surface area contributed by atoms with Crippen molar-refractivity contribution in [3.05, 3.63) is 58.9 Å². The lowest BCUT2D eigenvalue weighted by Crippen LogP contribution is -2.50. The van der Waals surface area contributed by atoms with Gasteiger partial charge >= 0.3 is 0 Å². The summed E-state index contributed by atoms with van der Waals surface area (Å²) in [5.41, 5.74) is 1.13. The average molecular weight is 374 g/mol. The van der Waals surface area contributed by atoms with Crippen molar-refractivity contribution >= 4 is 23.4 Å². The first kappa shape index (κ1) is 18.2. The predicted octanol–water partition coefficient (Wildman–Crippen LogP) is 2.73. The lowest BCUT2D eigenvalue weighted by Gasteiger charge is -2.35. The lowest BCUT2D eigenvalue weighted by atomic mass is 10.1. The first-order valence-electron chi connectivity index (χ1n) is 8.51. The third kappa shape index (κ3) is 3.96. The quantitative estimate of drug-likeness (QED) is 0.826. The van der Waals surface area contributed by atoms with E-state index in [0.29, 0.717) is 54.7 Å². The number of ether oxygens (including phenoxy) is 1. The Kier molecular flexibility index (Phi) is 5.73. The SMILES string of the molecule is CCOc1ccc(C(=O)N2CCN(C(=O)c3ccncc3)CC2)cc1Cl. The summed E-state index contributed by atoms with van der Waals surface area (Å²) in [6, 6.07) is 8.45. The van der Waals surface area contributed by atoms with E-state index in [1.807, 2.05) is 6.92 Å². The van der Waals surface area contributed by atoms with Crippen LogP contribution >= 0.6 is 11.6 Å².